The minimum Gasteiger partial charge on any atom is -0.465 e. The molecule has 0 aliphatic carbocycles. The Bertz CT molecular complexity index is 2430. The summed E-state index contributed by atoms with van der Waals surface area (Å²) in [5.74, 6) is 3.44. The van der Waals surface area contributed by atoms with E-state index in [0.29, 0.717) is 32.3 Å². The van der Waals surface area contributed by atoms with Gasteiger partial charge in [0.15, 0.2) is 10.3 Å². The molecule has 0 fully saturated rings. The van der Waals surface area contributed by atoms with Crippen LogP contribution in [0.3, 0.4) is 0 Å². The van der Waals surface area contributed by atoms with Crippen LogP contribution in [-0.4, -0.2) is 89.2 Å². The highest BCUT2D eigenvalue weighted by atomic mass is 79.9. The largest absolute Gasteiger partial charge is 0.465 e. The Labute approximate surface area is 434 Å². The van der Waals surface area contributed by atoms with Crippen molar-refractivity contribution in [2.45, 2.75) is 77.2 Å². The van der Waals surface area contributed by atoms with Gasteiger partial charge in [-0.25, -0.2) is 15.0 Å². The van der Waals surface area contributed by atoms with Gasteiger partial charge < -0.3 is 25.3 Å². The number of H-pyrrole nitrogens is 1. The van der Waals surface area contributed by atoms with Gasteiger partial charge in [-0.1, -0.05) is 107 Å². The number of nitrogens with zero attached hydrogens (tertiary/aromatic N) is 5. The van der Waals surface area contributed by atoms with Crippen LogP contribution in [0, 0.1) is 18.3 Å². The zero-order chi connectivity index (χ0) is 50.4. The fraction of sp³-hybridized carbons (Fsp3) is 0.404. The Morgan fingerprint density at radius 1 is 0.754 bits per heavy atom. The Morgan fingerprint density at radius 3 is 1.68 bits per heavy atom. The van der Waals surface area contributed by atoms with Crippen LogP contribution in [0.15, 0.2) is 107 Å². The van der Waals surface area contributed by atoms with Gasteiger partial charge >= 0.3 is 5.97 Å². The fourth-order valence-corrected chi connectivity index (χ4v) is 10.2. The number of nitrogens with one attached hydrogen (secondary N) is 2. The van der Waals surface area contributed by atoms with Crippen LogP contribution in [0.2, 0.25) is 0 Å². The van der Waals surface area contributed by atoms with Gasteiger partial charge in [-0.15, -0.1) is 22.7 Å². The lowest BCUT2D eigenvalue weighted by atomic mass is 9.96. The number of nitrogens with two attached hydrogens (primary N) is 1. The van der Waals surface area contributed by atoms with Gasteiger partial charge in [0, 0.05) is 91.4 Å². The molecule has 1 atom stereocenters. The van der Waals surface area contributed by atoms with Crippen LogP contribution < -0.4 is 21.1 Å². The number of aryl methyl sites for hydroxylation is 5. The zero-order valence-electron chi connectivity index (χ0n) is 41.0. The Kier molecular flexibility index (Phi) is 28.6. The molecule has 3 aromatic heterocycles. The zero-order valence-corrected chi connectivity index (χ0v) is 45.9. The highest BCUT2D eigenvalue weighted by molar-refractivity contribution is 9.09. The van der Waals surface area contributed by atoms with E-state index in [2.05, 4.69) is 83.0 Å². The molecular formula is C52H69BrN8O4S4. The summed E-state index contributed by atoms with van der Waals surface area (Å²) >= 11 is 10.3. The number of hydrogen-bond donors (Lipinski definition) is 3. The van der Waals surface area contributed by atoms with Gasteiger partial charge in [-0.2, -0.15) is 23.5 Å². The minimum absolute atomic E-state index is 0.00134. The van der Waals surface area contributed by atoms with E-state index in [9.17, 15) is 14.4 Å². The van der Waals surface area contributed by atoms with Crippen molar-refractivity contribution in [3.63, 3.8) is 0 Å². The number of anilines is 2. The maximum atomic E-state index is 12.5. The van der Waals surface area contributed by atoms with Crippen molar-refractivity contribution in [3.05, 3.63) is 157 Å². The van der Waals surface area contributed by atoms with Crippen LogP contribution in [0.25, 0.3) is 0 Å². The molecule has 1 unspecified atom stereocenters. The molecule has 0 aliphatic rings. The summed E-state index contributed by atoms with van der Waals surface area (Å²) in [7, 11) is 7.99. The maximum Gasteiger partial charge on any atom is 0.316 e. The van der Waals surface area contributed by atoms with E-state index in [1.807, 2.05) is 111 Å². The number of Topliss-reactive ketones (excluding diaryl/α,β-unsaturated/α-hetero) is 1. The van der Waals surface area contributed by atoms with Crippen LogP contribution in [-0.2, 0) is 57.9 Å². The highest BCUT2D eigenvalue weighted by Gasteiger charge is 2.24. The molecule has 0 spiro atoms. The van der Waals surface area contributed by atoms with Crippen molar-refractivity contribution in [1.29, 1.82) is 5.41 Å². The number of ketones is 1. The number of rotatable bonds is 23. The highest BCUT2D eigenvalue weighted by Crippen LogP contribution is 2.23. The smallest absolute Gasteiger partial charge is 0.316 e. The Balaban J connectivity index is 0.000000264. The van der Waals surface area contributed by atoms with Crippen molar-refractivity contribution in [3.8, 4) is 0 Å². The van der Waals surface area contributed by atoms with Crippen LogP contribution in [0.1, 0.15) is 71.8 Å². The second-order valence-electron chi connectivity index (χ2n) is 16.1. The molecular weight excluding hydrogens is 1010 g/mol. The maximum absolute atomic E-state index is 12.5. The molecule has 69 heavy (non-hydrogen) atoms. The van der Waals surface area contributed by atoms with Crippen LogP contribution in [0.5, 0.6) is 0 Å². The lowest BCUT2D eigenvalue weighted by molar-refractivity contribution is -0.151. The number of alkyl halides is 1. The average molecular weight is 1080 g/mol. The number of thiazole rings is 2. The molecule has 4 N–H and O–H groups in total. The van der Waals surface area contributed by atoms with Crippen LogP contribution in [0.4, 0.5) is 10.3 Å². The molecule has 17 heteroatoms. The second kappa shape index (κ2) is 33.7. The van der Waals surface area contributed by atoms with E-state index in [0.717, 1.165) is 91.9 Å². The Morgan fingerprint density at radius 2 is 1.25 bits per heavy atom. The molecule has 6 aromatic rings. The molecule has 6 rings (SSSR count). The number of thioether (sulfide) groups is 2. The minimum atomic E-state index is -0.629. The standard InChI is InChI=1S/C21H26N4OS2.C14H18O3.C9H16N4S2.C8H9Br/c1-15-18(10-9-16-7-5-4-6-8-16)20(26)24-19(22-15)11-12-27-13-17-14-28-21(23-17)25(2)3;1-3-17-14(16)13(11(2)15)10-9-12-7-5-4-6-8-12;1-13(2)9-12-7(6-15-9)5-14-4-3-8(10)11;9-7-6-8-4-2-1-3-5-8/h4-8,14H,9-13H2,1-3H3,(H,22,24,26);4-8,13H,3,9-10H2,1-2H3;6H,3-5H2,1-2H3,(H3,10,11);1-5H,6-7H2. The third-order valence-corrected chi connectivity index (χ3v) is 14.5. The summed E-state index contributed by atoms with van der Waals surface area (Å²) < 4.78 is 4.89. The summed E-state index contributed by atoms with van der Waals surface area (Å²) in [4.78, 5) is 56.1. The predicted molar refractivity (Wildman–Crippen MR) is 298 cm³/mol. The predicted octanol–water partition coefficient (Wildman–Crippen LogP) is 10.6. The number of carbonyl (C=O) groups is 2. The van der Waals surface area contributed by atoms with Crippen molar-refractivity contribution >= 4 is 90.0 Å². The van der Waals surface area contributed by atoms with E-state index >= 15 is 0 Å². The summed E-state index contributed by atoms with van der Waals surface area (Å²) in [6, 6.07) is 30.5. The first-order valence-electron chi connectivity index (χ1n) is 22.9. The molecule has 3 aromatic carbocycles. The van der Waals surface area contributed by atoms with Crippen molar-refractivity contribution in [1.82, 2.24) is 19.9 Å². The molecule has 0 saturated carbocycles. The van der Waals surface area contributed by atoms with Crippen molar-refractivity contribution < 1.29 is 14.3 Å². The van der Waals surface area contributed by atoms with E-state index in [1.54, 1.807) is 41.4 Å². The molecule has 372 valence electrons. The summed E-state index contributed by atoms with van der Waals surface area (Å²) in [5.41, 5.74) is 12.9. The number of ether oxygens (including phenoxy) is 1. The number of hydrogen-bond acceptors (Lipinski definition) is 14. The third-order valence-electron chi connectivity index (χ3n) is 9.97. The SMILES string of the molecule is BrCCc1ccccc1.CCOC(=O)C(CCc1ccccc1)C(C)=O.CN(C)c1nc(CSCCC(=N)N)cs1.Cc1nc(CCSCc2csc(N(C)C)n2)[nH]c(=O)c1CCc1ccccc1. The van der Waals surface area contributed by atoms with Gasteiger partial charge in [-0.05, 0) is 69.6 Å². The topological polar surface area (TPSA) is 171 Å². The summed E-state index contributed by atoms with van der Waals surface area (Å²) in [5, 5.41) is 14.4. The molecule has 3 heterocycles. The van der Waals surface area contributed by atoms with Gasteiger partial charge in [0.05, 0.1) is 23.8 Å². The van der Waals surface area contributed by atoms with Gasteiger partial charge in [-0.3, -0.25) is 19.8 Å². The third kappa shape index (κ3) is 24.0. The first-order valence-corrected chi connectivity index (χ1v) is 28.0. The van der Waals surface area contributed by atoms with Gasteiger partial charge in [0.1, 0.15) is 17.5 Å². The first-order chi connectivity index (χ1) is 33.2. The summed E-state index contributed by atoms with van der Waals surface area (Å²) in [6.07, 6.45) is 5.33. The number of amidine groups is 1. The molecule has 12 nitrogen and oxygen atoms in total. The van der Waals surface area contributed by atoms with E-state index < -0.39 is 11.9 Å². The summed E-state index contributed by atoms with van der Waals surface area (Å²) in [6.45, 7) is 5.43. The molecule has 0 amide bonds. The number of aromatic nitrogens is 4. The van der Waals surface area contributed by atoms with E-state index in [1.165, 1.54) is 18.1 Å². The Hall–Kier alpha value is -4.81. The normalized spacial score (nSPS) is 10.8. The van der Waals surface area contributed by atoms with Gasteiger partial charge in [0.2, 0.25) is 0 Å². The van der Waals surface area contributed by atoms with Crippen molar-refractivity contribution in [2.75, 3.05) is 61.4 Å². The molecule has 0 aliphatic heterocycles. The second-order valence-corrected chi connectivity index (χ2v) is 20.8. The number of benzene rings is 3. The molecule has 0 bridgehead atoms. The fourth-order valence-electron chi connectivity index (χ4n) is 6.28. The molecule has 0 radical (unpaired) electrons. The first kappa shape index (κ1) is 58.5. The molecule has 0 saturated heterocycles. The average Bonchev–Trinajstić information content (AvgIpc) is 4.02. The van der Waals surface area contributed by atoms with Crippen molar-refractivity contribution in [2.24, 2.45) is 11.7 Å². The number of aromatic amines is 1. The van der Waals surface area contributed by atoms with Crippen LogP contribution >= 0.6 is 62.1 Å². The monoisotopic (exact) mass is 1080 g/mol. The van der Waals surface area contributed by atoms with E-state index in [4.69, 9.17) is 15.9 Å². The van der Waals surface area contributed by atoms with E-state index in [-0.39, 0.29) is 17.2 Å². The lowest BCUT2D eigenvalue weighted by Crippen LogP contribution is -2.24. The number of halogens is 1. The quantitative estimate of drug-likeness (QED) is 0.0139. The number of esters is 1. The van der Waals surface area contributed by atoms with Gasteiger partial charge in [0.25, 0.3) is 5.56 Å². The lowest BCUT2D eigenvalue weighted by Gasteiger charge is -2.12. The number of carbonyl (C=O) groups excluding carboxylic acids is 2.